The highest BCUT2D eigenvalue weighted by Gasteiger charge is 2.13. The summed E-state index contributed by atoms with van der Waals surface area (Å²) in [6.07, 6.45) is 1.00. The van der Waals surface area contributed by atoms with Gasteiger partial charge in [0.15, 0.2) is 0 Å². The van der Waals surface area contributed by atoms with Crippen molar-refractivity contribution in [1.82, 2.24) is 4.98 Å². The first-order chi connectivity index (χ1) is 9.58. The standard InChI is InChI=1S/C14H15N3O3/c1-10(18)12-6-4-11(5-7-12)9-16-14-13(17(19)20)3-2-8-15-14/h2-8,10,18H,9H2,1H3,(H,15,16). The molecule has 2 rings (SSSR count). The quantitative estimate of drug-likeness (QED) is 0.645. The number of anilines is 1. The highest BCUT2D eigenvalue weighted by Crippen LogP contribution is 2.21. The lowest BCUT2D eigenvalue weighted by molar-refractivity contribution is -0.384. The predicted octanol–water partition coefficient (Wildman–Crippen LogP) is 2.66. The van der Waals surface area contributed by atoms with E-state index in [4.69, 9.17) is 0 Å². The molecule has 0 fully saturated rings. The van der Waals surface area contributed by atoms with Crippen LogP contribution in [0.25, 0.3) is 0 Å². The molecule has 1 atom stereocenters. The number of aliphatic hydroxyl groups excluding tert-OH is 1. The molecular weight excluding hydrogens is 258 g/mol. The van der Waals surface area contributed by atoms with Crippen LogP contribution in [-0.2, 0) is 6.54 Å². The second-order valence-electron chi connectivity index (χ2n) is 4.40. The van der Waals surface area contributed by atoms with Crippen LogP contribution >= 0.6 is 0 Å². The summed E-state index contributed by atoms with van der Waals surface area (Å²) in [6.45, 7) is 2.13. The fraction of sp³-hybridized carbons (Fsp3) is 0.214. The molecule has 0 aliphatic carbocycles. The van der Waals surface area contributed by atoms with Gasteiger partial charge in [0.05, 0.1) is 11.0 Å². The lowest BCUT2D eigenvalue weighted by atomic mass is 10.1. The van der Waals surface area contributed by atoms with Crippen molar-refractivity contribution in [1.29, 1.82) is 0 Å². The van der Waals surface area contributed by atoms with Gasteiger partial charge in [0.25, 0.3) is 0 Å². The van der Waals surface area contributed by atoms with Crippen molar-refractivity contribution in [3.05, 3.63) is 63.8 Å². The first-order valence-corrected chi connectivity index (χ1v) is 6.18. The van der Waals surface area contributed by atoms with E-state index >= 15 is 0 Å². The van der Waals surface area contributed by atoms with Gasteiger partial charge in [-0.15, -0.1) is 0 Å². The normalized spacial score (nSPS) is 11.9. The molecule has 0 bridgehead atoms. The summed E-state index contributed by atoms with van der Waals surface area (Å²) in [5.41, 5.74) is 1.74. The first-order valence-electron chi connectivity index (χ1n) is 6.18. The van der Waals surface area contributed by atoms with Gasteiger partial charge in [-0.25, -0.2) is 4.98 Å². The average molecular weight is 273 g/mol. The van der Waals surface area contributed by atoms with Crippen LogP contribution in [0.15, 0.2) is 42.6 Å². The van der Waals surface area contributed by atoms with E-state index in [2.05, 4.69) is 10.3 Å². The average Bonchev–Trinajstić information content (AvgIpc) is 2.45. The maximum absolute atomic E-state index is 10.9. The molecule has 0 saturated heterocycles. The van der Waals surface area contributed by atoms with E-state index in [9.17, 15) is 15.2 Å². The van der Waals surface area contributed by atoms with Crippen LogP contribution in [0.2, 0.25) is 0 Å². The number of nitrogens with zero attached hydrogens (tertiary/aromatic N) is 2. The lowest BCUT2D eigenvalue weighted by Crippen LogP contribution is -2.04. The maximum Gasteiger partial charge on any atom is 0.311 e. The fourth-order valence-electron chi connectivity index (χ4n) is 1.78. The van der Waals surface area contributed by atoms with Crippen LogP contribution in [-0.4, -0.2) is 15.0 Å². The summed E-state index contributed by atoms with van der Waals surface area (Å²) in [5.74, 6) is 0.247. The van der Waals surface area contributed by atoms with E-state index in [0.717, 1.165) is 11.1 Å². The number of hydrogen-bond acceptors (Lipinski definition) is 5. The zero-order valence-corrected chi connectivity index (χ0v) is 11.0. The molecule has 0 aliphatic rings. The number of aliphatic hydroxyl groups is 1. The third kappa shape index (κ3) is 3.30. The molecule has 0 aliphatic heterocycles. The van der Waals surface area contributed by atoms with Crippen LogP contribution in [0.4, 0.5) is 11.5 Å². The van der Waals surface area contributed by atoms with Crippen molar-refractivity contribution in [2.24, 2.45) is 0 Å². The molecule has 6 nitrogen and oxygen atoms in total. The summed E-state index contributed by atoms with van der Waals surface area (Å²) in [6, 6.07) is 10.3. The second kappa shape index (κ2) is 6.12. The minimum Gasteiger partial charge on any atom is -0.389 e. The third-order valence-corrected chi connectivity index (χ3v) is 2.91. The third-order valence-electron chi connectivity index (χ3n) is 2.91. The van der Waals surface area contributed by atoms with Gasteiger partial charge in [-0.3, -0.25) is 10.1 Å². The van der Waals surface area contributed by atoms with Gasteiger partial charge < -0.3 is 10.4 Å². The van der Waals surface area contributed by atoms with Crippen LogP contribution in [0.1, 0.15) is 24.2 Å². The largest absolute Gasteiger partial charge is 0.389 e. The van der Waals surface area contributed by atoms with E-state index < -0.39 is 11.0 Å². The van der Waals surface area contributed by atoms with Crippen molar-refractivity contribution in [3.8, 4) is 0 Å². The summed E-state index contributed by atoms with van der Waals surface area (Å²) >= 11 is 0. The Balaban J connectivity index is 2.07. The number of pyridine rings is 1. The summed E-state index contributed by atoms with van der Waals surface area (Å²) in [7, 11) is 0. The van der Waals surface area contributed by atoms with E-state index in [-0.39, 0.29) is 11.5 Å². The van der Waals surface area contributed by atoms with Crippen LogP contribution in [0, 0.1) is 10.1 Å². The molecule has 20 heavy (non-hydrogen) atoms. The monoisotopic (exact) mass is 273 g/mol. The molecule has 0 amide bonds. The maximum atomic E-state index is 10.9. The Morgan fingerprint density at radius 2 is 2.05 bits per heavy atom. The number of hydrogen-bond donors (Lipinski definition) is 2. The minimum absolute atomic E-state index is 0.0481. The van der Waals surface area contributed by atoms with E-state index in [0.29, 0.717) is 6.54 Å². The van der Waals surface area contributed by atoms with E-state index in [1.807, 2.05) is 24.3 Å². The second-order valence-corrected chi connectivity index (χ2v) is 4.40. The topological polar surface area (TPSA) is 88.3 Å². The Labute approximate surface area is 116 Å². The lowest BCUT2D eigenvalue weighted by Gasteiger charge is -2.08. The van der Waals surface area contributed by atoms with E-state index in [1.54, 1.807) is 6.92 Å². The molecule has 0 saturated carbocycles. The Morgan fingerprint density at radius 1 is 1.35 bits per heavy atom. The number of rotatable bonds is 5. The van der Waals surface area contributed by atoms with Gasteiger partial charge >= 0.3 is 5.69 Å². The first kappa shape index (κ1) is 14.0. The minimum atomic E-state index is -0.506. The van der Waals surface area contributed by atoms with Crippen molar-refractivity contribution in [3.63, 3.8) is 0 Å². The number of aromatic nitrogens is 1. The number of benzene rings is 1. The Hall–Kier alpha value is -2.47. The summed E-state index contributed by atoms with van der Waals surface area (Å²) in [5, 5.41) is 23.2. The van der Waals surface area contributed by atoms with Crippen LogP contribution < -0.4 is 5.32 Å². The smallest absolute Gasteiger partial charge is 0.311 e. The predicted molar refractivity (Wildman–Crippen MR) is 75.3 cm³/mol. The highest BCUT2D eigenvalue weighted by molar-refractivity contribution is 5.55. The molecule has 2 N–H and O–H groups in total. The van der Waals surface area contributed by atoms with Crippen LogP contribution in [0.5, 0.6) is 0 Å². The van der Waals surface area contributed by atoms with Crippen LogP contribution in [0.3, 0.4) is 0 Å². The van der Waals surface area contributed by atoms with Crippen molar-refractivity contribution in [2.75, 3.05) is 5.32 Å². The van der Waals surface area contributed by atoms with Crippen molar-refractivity contribution >= 4 is 11.5 Å². The Morgan fingerprint density at radius 3 is 2.65 bits per heavy atom. The molecule has 0 radical (unpaired) electrons. The molecule has 0 spiro atoms. The highest BCUT2D eigenvalue weighted by atomic mass is 16.6. The molecular formula is C14H15N3O3. The van der Waals surface area contributed by atoms with Gasteiger partial charge in [0.1, 0.15) is 0 Å². The van der Waals surface area contributed by atoms with Gasteiger partial charge in [-0.2, -0.15) is 0 Å². The van der Waals surface area contributed by atoms with E-state index in [1.165, 1.54) is 18.3 Å². The van der Waals surface area contributed by atoms with Gasteiger partial charge in [-0.05, 0) is 24.1 Å². The summed E-state index contributed by atoms with van der Waals surface area (Å²) < 4.78 is 0. The zero-order valence-electron chi connectivity index (χ0n) is 11.0. The molecule has 1 aromatic heterocycles. The zero-order chi connectivity index (χ0) is 14.5. The molecule has 1 unspecified atom stereocenters. The molecule has 1 heterocycles. The Kier molecular flexibility index (Phi) is 4.27. The van der Waals surface area contributed by atoms with Crippen molar-refractivity contribution < 1.29 is 10.0 Å². The van der Waals surface area contributed by atoms with Crippen molar-refractivity contribution in [2.45, 2.75) is 19.6 Å². The fourth-order valence-corrected chi connectivity index (χ4v) is 1.78. The molecule has 104 valence electrons. The van der Waals surface area contributed by atoms with Gasteiger partial charge in [0.2, 0.25) is 5.82 Å². The SMILES string of the molecule is CC(O)c1ccc(CNc2ncccc2[N+](=O)[O-])cc1. The molecule has 6 heteroatoms. The van der Waals surface area contributed by atoms with Gasteiger partial charge in [-0.1, -0.05) is 24.3 Å². The molecule has 1 aromatic carbocycles. The van der Waals surface area contributed by atoms with Gasteiger partial charge in [0, 0.05) is 18.8 Å². The molecule has 2 aromatic rings. The summed E-state index contributed by atoms with van der Waals surface area (Å²) in [4.78, 5) is 14.4. The number of nitrogens with one attached hydrogen (secondary N) is 1. The Bertz CT molecular complexity index is 597. The number of nitro groups is 1.